The normalized spacial score (nSPS) is 21.5. The van der Waals surface area contributed by atoms with Gasteiger partial charge in [0.1, 0.15) is 12.3 Å². The summed E-state index contributed by atoms with van der Waals surface area (Å²) in [7, 11) is -3.19. The third-order valence-electron chi connectivity index (χ3n) is 7.22. The van der Waals surface area contributed by atoms with Gasteiger partial charge in [0.05, 0.1) is 12.5 Å². The van der Waals surface area contributed by atoms with Crippen LogP contribution in [0.15, 0.2) is 23.1 Å². The first-order valence-corrected chi connectivity index (χ1v) is 14.3. The monoisotopic (exact) mass is 514 g/mol. The molecule has 2 fully saturated rings. The van der Waals surface area contributed by atoms with Gasteiger partial charge in [-0.1, -0.05) is 0 Å². The number of hydrogen-bond acceptors (Lipinski definition) is 7. The Morgan fingerprint density at radius 2 is 1.94 bits per heavy atom. The number of nitrogens with one attached hydrogen (secondary N) is 2. The average Bonchev–Trinajstić information content (AvgIpc) is 3.44. The molecular weight excluding hydrogens is 480 g/mol. The second kappa shape index (κ2) is 9.37. The van der Waals surface area contributed by atoms with E-state index in [1.165, 1.54) is 6.26 Å². The van der Waals surface area contributed by atoms with Crippen LogP contribution in [0.4, 0.5) is 0 Å². The number of sulfonamides is 1. The number of fused-ring (bicyclic) bond motifs is 1. The Bertz CT molecular complexity index is 1450. The van der Waals surface area contributed by atoms with E-state index in [0.717, 1.165) is 46.4 Å². The van der Waals surface area contributed by atoms with Crippen molar-refractivity contribution >= 4 is 21.1 Å². The number of ether oxygens (including phenoxy) is 1. The highest BCUT2D eigenvalue weighted by molar-refractivity contribution is 7.88. The van der Waals surface area contributed by atoms with Crippen LogP contribution in [0.3, 0.4) is 0 Å². The van der Waals surface area contributed by atoms with Gasteiger partial charge in [0.2, 0.25) is 10.0 Å². The molecule has 0 bridgehead atoms. The van der Waals surface area contributed by atoms with Crippen molar-refractivity contribution in [2.24, 2.45) is 0 Å². The van der Waals surface area contributed by atoms with Crippen LogP contribution < -0.4 is 10.9 Å². The van der Waals surface area contributed by atoms with Gasteiger partial charge in [-0.15, -0.1) is 0 Å². The number of aromatic amines is 1. The second-order valence-corrected chi connectivity index (χ2v) is 12.3. The van der Waals surface area contributed by atoms with E-state index < -0.39 is 10.0 Å². The van der Waals surface area contributed by atoms with Crippen LogP contribution in [-0.2, 0) is 21.3 Å². The van der Waals surface area contributed by atoms with E-state index in [9.17, 15) is 13.2 Å². The first-order valence-electron chi connectivity index (χ1n) is 12.4. The van der Waals surface area contributed by atoms with Crippen molar-refractivity contribution in [3.05, 3.63) is 56.8 Å². The average molecular weight is 515 g/mol. The van der Waals surface area contributed by atoms with Crippen molar-refractivity contribution in [1.29, 1.82) is 0 Å². The number of piperidine rings is 1. The van der Waals surface area contributed by atoms with Gasteiger partial charge < -0.3 is 9.72 Å². The van der Waals surface area contributed by atoms with Gasteiger partial charge >= 0.3 is 0 Å². The maximum absolute atomic E-state index is 12.4. The number of rotatable bonds is 7. The third-order valence-corrected chi connectivity index (χ3v) is 8.52. The molecule has 5 heterocycles. The van der Waals surface area contributed by atoms with E-state index in [1.54, 1.807) is 4.31 Å². The zero-order valence-corrected chi connectivity index (χ0v) is 22.2. The quantitative estimate of drug-likeness (QED) is 0.464. The summed E-state index contributed by atoms with van der Waals surface area (Å²) in [6.07, 6.45) is 4.19. The molecule has 2 saturated heterocycles. The highest BCUT2D eigenvalue weighted by Gasteiger charge is 2.42. The Labute approximate surface area is 211 Å². The van der Waals surface area contributed by atoms with Crippen LogP contribution in [0.1, 0.15) is 72.8 Å². The van der Waals surface area contributed by atoms with Crippen molar-refractivity contribution in [3.63, 3.8) is 0 Å². The zero-order chi connectivity index (χ0) is 25.8. The van der Waals surface area contributed by atoms with E-state index in [1.807, 2.05) is 30.8 Å². The van der Waals surface area contributed by atoms with E-state index in [2.05, 4.69) is 35.3 Å². The molecule has 0 aliphatic carbocycles. The van der Waals surface area contributed by atoms with Crippen LogP contribution in [-0.4, -0.2) is 58.0 Å². The molecule has 2 unspecified atom stereocenters. The molecule has 3 aromatic heterocycles. The maximum atomic E-state index is 12.4. The zero-order valence-electron chi connectivity index (χ0n) is 21.4. The molecular formula is C25H34N6O4S. The van der Waals surface area contributed by atoms with Crippen LogP contribution in [0.5, 0.6) is 0 Å². The number of aromatic nitrogens is 4. The van der Waals surface area contributed by atoms with Gasteiger partial charge in [-0.3, -0.25) is 10.1 Å². The molecule has 11 heteroatoms. The van der Waals surface area contributed by atoms with E-state index >= 15 is 0 Å². The van der Waals surface area contributed by atoms with Crippen LogP contribution >= 0.6 is 0 Å². The van der Waals surface area contributed by atoms with Crippen molar-refractivity contribution in [3.8, 4) is 0 Å². The fourth-order valence-corrected chi connectivity index (χ4v) is 6.05. The van der Waals surface area contributed by atoms with Crippen molar-refractivity contribution in [1.82, 2.24) is 29.4 Å². The molecule has 2 aliphatic heterocycles. The number of hydrogen-bond donors (Lipinski definition) is 2. The molecule has 36 heavy (non-hydrogen) atoms. The lowest BCUT2D eigenvalue weighted by molar-refractivity contribution is 0.318. The molecule has 0 saturated carbocycles. The topological polar surface area (TPSA) is 126 Å². The van der Waals surface area contributed by atoms with Gasteiger partial charge in [0.25, 0.3) is 5.56 Å². The number of nitrogens with zero attached hydrogens (tertiary/aromatic N) is 4. The molecule has 2 N–H and O–H groups in total. The molecule has 0 aromatic carbocycles. The Morgan fingerprint density at radius 1 is 1.22 bits per heavy atom. The molecule has 0 amide bonds. The Kier molecular flexibility index (Phi) is 6.52. The predicted octanol–water partition coefficient (Wildman–Crippen LogP) is 2.64. The van der Waals surface area contributed by atoms with Crippen LogP contribution in [0.25, 0.3) is 11.0 Å². The smallest absolute Gasteiger partial charge is 0.252 e. The lowest BCUT2D eigenvalue weighted by Gasteiger charge is -2.30. The molecule has 3 aromatic rings. The Morgan fingerprint density at radius 3 is 2.58 bits per heavy atom. The number of aryl methyl sites for hydroxylation is 2. The Hall–Kier alpha value is -2.60. The Balaban J connectivity index is 1.40. The maximum Gasteiger partial charge on any atom is 0.252 e. The third kappa shape index (κ3) is 4.84. The van der Waals surface area contributed by atoms with Gasteiger partial charge in [0, 0.05) is 53.9 Å². The molecule has 2 aliphatic rings. The highest BCUT2D eigenvalue weighted by atomic mass is 32.2. The standard InChI is InChI=1S/C25H34N6O4S/c1-14(2)31-23-20(13-27-31)18(11-21(29-23)17-6-8-30(9-7-17)36(5,33)34)22-25(35-22)26-12-19-15(3)10-16(4)28-24(19)32/h10-11,13-14,17,22,25-26H,6-9,12H2,1-5H3,(H,28,32). The summed E-state index contributed by atoms with van der Waals surface area (Å²) < 4.78 is 33.4. The van der Waals surface area contributed by atoms with Crippen LogP contribution in [0, 0.1) is 13.8 Å². The first-order chi connectivity index (χ1) is 17.0. The minimum atomic E-state index is -3.19. The van der Waals surface area contributed by atoms with Gasteiger partial charge in [-0.05, 0) is 63.8 Å². The molecule has 5 rings (SSSR count). The van der Waals surface area contributed by atoms with Gasteiger partial charge in [0.15, 0.2) is 5.65 Å². The molecule has 0 spiro atoms. The molecule has 0 radical (unpaired) electrons. The summed E-state index contributed by atoms with van der Waals surface area (Å²) >= 11 is 0. The summed E-state index contributed by atoms with van der Waals surface area (Å²) in [5, 5.41) is 8.92. The summed E-state index contributed by atoms with van der Waals surface area (Å²) in [6, 6.07) is 4.22. The largest absolute Gasteiger partial charge is 0.348 e. The first kappa shape index (κ1) is 25.1. The minimum absolute atomic E-state index is 0.0792. The fourth-order valence-electron chi connectivity index (χ4n) is 5.18. The lowest BCUT2D eigenvalue weighted by atomic mass is 9.92. The lowest BCUT2D eigenvalue weighted by Crippen LogP contribution is -2.37. The fraction of sp³-hybridized carbons (Fsp3) is 0.560. The number of H-pyrrole nitrogens is 1. The van der Waals surface area contributed by atoms with Crippen molar-refractivity contribution in [2.45, 2.75) is 71.4 Å². The van der Waals surface area contributed by atoms with E-state index in [0.29, 0.717) is 25.2 Å². The van der Waals surface area contributed by atoms with Crippen LogP contribution in [0.2, 0.25) is 0 Å². The van der Waals surface area contributed by atoms with E-state index in [-0.39, 0.29) is 29.9 Å². The van der Waals surface area contributed by atoms with Gasteiger partial charge in [-0.2, -0.15) is 5.10 Å². The predicted molar refractivity (Wildman–Crippen MR) is 137 cm³/mol. The highest BCUT2D eigenvalue weighted by Crippen LogP contribution is 2.42. The van der Waals surface area contributed by atoms with Gasteiger partial charge in [-0.25, -0.2) is 22.4 Å². The minimum Gasteiger partial charge on any atom is -0.348 e. The second-order valence-electron chi connectivity index (χ2n) is 10.3. The number of pyridine rings is 2. The molecule has 194 valence electrons. The van der Waals surface area contributed by atoms with Crippen molar-refractivity contribution in [2.75, 3.05) is 19.3 Å². The SMILES string of the molecule is Cc1cc(C)c(CNC2OC2c2cc(C3CCN(S(C)(=O)=O)CC3)nc3c2cnn3C(C)C)c(=O)[nH]1. The summed E-state index contributed by atoms with van der Waals surface area (Å²) in [6.45, 7) is 9.37. The summed E-state index contributed by atoms with van der Waals surface area (Å²) in [5.74, 6) is 0.167. The van der Waals surface area contributed by atoms with E-state index in [4.69, 9.17) is 9.72 Å². The van der Waals surface area contributed by atoms with Crippen molar-refractivity contribution < 1.29 is 13.2 Å². The summed E-state index contributed by atoms with van der Waals surface area (Å²) in [4.78, 5) is 20.3. The number of epoxide rings is 1. The molecule has 2 atom stereocenters. The molecule has 10 nitrogen and oxygen atoms in total. The summed E-state index contributed by atoms with van der Waals surface area (Å²) in [5.41, 5.74) is 5.23.